The molecule has 2 rings (SSSR count). The lowest BCUT2D eigenvalue weighted by Gasteiger charge is -2.41. The molecule has 4 atom stereocenters. The van der Waals surface area contributed by atoms with E-state index in [1.54, 1.807) is 0 Å². The molecule has 0 spiro atoms. The first-order valence-corrected chi connectivity index (χ1v) is 8.92. The van der Waals surface area contributed by atoms with E-state index in [-0.39, 0.29) is 0 Å². The standard InChI is InChI=1S/C16H31NS/c1-5-18-15-8-6-7-14(15)17-13-9-12(2)10-16(3,4)11-13/h12-15,17H,5-11H2,1-4H3. The maximum Gasteiger partial charge on any atom is 0.0201 e. The molecule has 0 heterocycles. The molecule has 18 heavy (non-hydrogen) atoms. The molecule has 2 aliphatic rings. The van der Waals surface area contributed by atoms with Crippen LogP contribution in [0, 0.1) is 11.3 Å². The zero-order chi connectivity index (χ0) is 13.2. The molecule has 2 aliphatic carbocycles. The van der Waals surface area contributed by atoms with E-state index in [9.17, 15) is 0 Å². The fourth-order valence-corrected chi connectivity index (χ4v) is 5.51. The van der Waals surface area contributed by atoms with Gasteiger partial charge in [0.15, 0.2) is 0 Å². The molecule has 1 nitrogen and oxygen atoms in total. The number of thioether (sulfide) groups is 1. The van der Waals surface area contributed by atoms with Crippen molar-refractivity contribution in [2.45, 2.75) is 83.6 Å². The Bertz CT molecular complexity index is 264. The quantitative estimate of drug-likeness (QED) is 0.808. The van der Waals surface area contributed by atoms with Gasteiger partial charge in [-0.1, -0.05) is 34.1 Å². The second kappa shape index (κ2) is 6.17. The second-order valence-corrected chi connectivity index (χ2v) is 8.82. The average Bonchev–Trinajstić information content (AvgIpc) is 2.63. The molecule has 0 radical (unpaired) electrons. The molecule has 2 fully saturated rings. The van der Waals surface area contributed by atoms with Gasteiger partial charge in [-0.15, -0.1) is 0 Å². The molecule has 0 aromatic carbocycles. The lowest BCUT2D eigenvalue weighted by molar-refractivity contribution is 0.145. The summed E-state index contributed by atoms with van der Waals surface area (Å²) in [6.45, 7) is 9.63. The molecule has 0 aromatic rings. The van der Waals surface area contributed by atoms with Gasteiger partial charge in [0.05, 0.1) is 0 Å². The average molecular weight is 269 g/mol. The molecular weight excluding hydrogens is 238 g/mol. The SMILES string of the molecule is CCSC1CCCC1NC1CC(C)CC(C)(C)C1. The Kier molecular flexibility index (Phi) is 5.05. The summed E-state index contributed by atoms with van der Waals surface area (Å²) in [5.41, 5.74) is 0.543. The third-order valence-corrected chi connectivity index (χ3v) is 6.00. The van der Waals surface area contributed by atoms with Crippen LogP contribution in [0.4, 0.5) is 0 Å². The summed E-state index contributed by atoms with van der Waals surface area (Å²) in [7, 11) is 0. The molecule has 2 saturated carbocycles. The normalized spacial score (nSPS) is 40.0. The third-order valence-electron chi connectivity index (χ3n) is 4.67. The van der Waals surface area contributed by atoms with Crippen molar-refractivity contribution in [3.63, 3.8) is 0 Å². The maximum atomic E-state index is 4.02. The van der Waals surface area contributed by atoms with Crippen LogP contribution in [-0.4, -0.2) is 23.1 Å². The highest BCUT2D eigenvalue weighted by atomic mass is 32.2. The summed E-state index contributed by atoms with van der Waals surface area (Å²) in [6, 6.07) is 1.56. The smallest absolute Gasteiger partial charge is 0.0201 e. The highest BCUT2D eigenvalue weighted by Crippen LogP contribution is 2.39. The van der Waals surface area contributed by atoms with Gasteiger partial charge in [0.2, 0.25) is 0 Å². The van der Waals surface area contributed by atoms with Crippen LogP contribution >= 0.6 is 11.8 Å². The van der Waals surface area contributed by atoms with Crippen molar-refractivity contribution in [1.82, 2.24) is 5.32 Å². The van der Waals surface area contributed by atoms with Crippen molar-refractivity contribution in [1.29, 1.82) is 0 Å². The summed E-state index contributed by atoms with van der Waals surface area (Å²) in [5, 5.41) is 4.90. The fraction of sp³-hybridized carbons (Fsp3) is 1.00. The minimum Gasteiger partial charge on any atom is -0.310 e. The van der Waals surface area contributed by atoms with E-state index in [1.165, 1.54) is 44.3 Å². The van der Waals surface area contributed by atoms with Crippen molar-refractivity contribution in [3.05, 3.63) is 0 Å². The molecular formula is C16H31NS. The summed E-state index contributed by atoms with van der Waals surface area (Å²) < 4.78 is 0. The maximum absolute atomic E-state index is 4.02. The number of hydrogen-bond acceptors (Lipinski definition) is 2. The summed E-state index contributed by atoms with van der Waals surface area (Å²) in [5.74, 6) is 2.17. The van der Waals surface area contributed by atoms with E-state index >= 15 is 0 Å². The Hall–Kier alpha value is 0.310. The predicted octanol–water partition coefficient (Wildman–Crippen LogP) is 4.47. The zero-order valence-corrected chi connectivity index (χ0v) is 13.5. The van der Waals surface area contributed by atoms with Gasteiger partial charge in [0.1, 0.15) is 0 Å². The van der Waals surface area contributed by atoms with Crippen molar-refractivity contribution >= 4 is 11.8 Å². The van der Waals surface area contributed by atoms with Crippen LogP contribution in [0.15, 0.2) is 0 Å². The number of rotatable bonds is 4. The van der Waals surface area contributed by atoms with Crippen molar-refractivity contribution in [2.75, 3.05) is 5.75 Å². The third kappa shape index (κ3) is 3.90. The topological polar surface area (TPSA) is 12.0 Å². The molecule has 4 unspecified atom stereocenters. The van der Waals surface area contributed by atoms with Gasteiger partial charge >= 0.3 is 0 Å². The fourth-order valence-electron chi connectivity index (χ4n) is 4.31. The molecule has 0 saturated heterocycles. The van der Waals surface area contributed by atoms with Gasteiger partial charge in [-0.05, 0) is 49.2 Å². The van der Waals surface area contributed by atoms with E-state index in [0.717, 1.165) is 23.3 Å². The lowest BCUT2D eigenvalue weighted by atomic mass is 9.70. The molecule has 1 N–H and O–H groups in total. The van der Waals surface area contributed by atoms with E-state index in [1.807, 2.05) is 0 Å². The van der Waals surface area contributed by atoms with Gasteiger partial charge < -0.3 is 5.32 Å². The van der Waals surface area contributed by atoms with Crippen LogP contribution in [0.3, 0.4) is 0 Å². The van der Waals surface area contributed by atoms with Gasteiger partial charge in [-0.2, -0.15) is 11.8 Å². The van der Waals surface area contributed by atoms with E-state index in [4.69, 9.17) is 0 Å². The predicted molar refractivity (Wildman–Crippen MR) is 83.3 cm³/mol. The van der Waals surface area contributed by atoms with Gasteiger partial charge in [0.25, 0.3) is 0 Å². The Morgan fingerprint density at radius 1 is 1.22 bits per heavy atom. The van der Waals surface area contributed by atoms with Crippen LogP contribution in [0.1, 0.15) is 66.2 Å². The highest BCUT2D eigenvalue weighted by Gasteiger charge is 2.35. The summed E-state index contributed by atoms with van der Waals surface area (Å²) >= 11 is 2.17. The molecule has 0 aromatic heterocycles. The van der Waals surface area contributed by atoms with E-state index in [0.29, 0.717) is 5.41 Å². The number of hydrogen-bond donors (Lipinski definition) is 1. The van der Waals surface area contributed by atoms with Crippen molar-refractivity contribution in [2.24, 2.45) is 11.3 Å². The van der Waals surface area contributed by atoms with Gasteiger partial charge in [-0.3, -0.25) is 0 Å². The minimum atomic E-state index is 0.543. The van der Waals surface area contributed by atoms with E-state index < -0.39 is 0 Å². The largest absolute Gasteiger partial charge is 0.310 e. The first kappa shape index (κ1) is 14.7. The van der Waals surface area contributed by atoms with E-state index in [2.05, 4.69) is 44.8 Å². The van der Waals surface area contributed by atoms with Crippen LogP contribution in [0.5, 0.6) is 0 Å². The first-order valence-electron chi connectivity index (χ1n) is 7.88. The molecule has 0 bridgehead atoms. The first-order chi connectivity index (χ1) is 8.50. The Balaban J connectivity index is 1.88. The second-order valence-electron chi connectivity index (χ2n) is 7.31. The molecule has 0 aliphatic heterocycles. The molecule has 106 valence electrons. The van der Waals surface area contributed by atoms with Gasteiger partial charge in [-0.25, -0.2) is 0 Å². The van der Waals surface area contributed by atoms with Crippen LogP contribution < -0.4 is 5.32 Å². The summed E-state index contributed by atoms with van der Waals surface area (Å²) in [4.78, 5) is 0. The van der Waals surface area contributed by atoms with Crippen LogP contribution in [0.25, 0.3) is 0 Å². The Morgan fingerprint density at radius 2 is 2.00 bits per heavy atom. The van der Waals surface area contributed by atoms with Crippen LogP contribution in [-0.2, 0) is 0 Å². The summed E-state index contributed by atoms with van der Waals surface area (Å²) in [6.07, 6.45) is 8.44. The zero-order valence-electron chi connectivity index (χ0n) is 12.7. The monoisotopic (exact) mass is 269 g/mol. The van der Waals surface area contributed by atoms with Gasteiger partial charge in [0, 0.05) is 17.3 Å². The Morgan fingerprint density at radius 3 is 2.67 bits per heavy atom. The Labute approximate surface area is 118 Å². The van der Waals surface area contributed by atoms with Crippen LogP contribution in [0.2, 0.25) is 0 Å². The van der Waals surface area contributed by atoms with Crippen molar-refractivity contribution in [3.8, 4) is 0 Å². The number of nitrogens with one attached hydrogen (secondary N) is 1. The highest BCUT2D eigenvalue weighted by molar-refractivity contribution is 7.99. The molecule has 2 heteroatoms. The van der Waals surface area contributed by atoms with Crippen molar-refractivity contribution < 1.29 is 0 Å². The molecule has 0 amide bonds. The lowest BCUT2D eigenvalue weighted by Crippen LogP contribution is -2.46. The minimum absolute atomic E-state index is 0.543.